The van der Waals surface area contributed by atoms with Gasteiger partial charge in [0, 0.05) is 38.7 Å². The largest absolute Gasteiger partial charge is 0.507 e. The Kier molecular flexibility index (Phi) is 7.14. The normalized spacial score (nSPS) is 17.8. The Hall–Kier alpha value is -3.10. The molecule has 9 heteroatoms. The van der Waals surface area contributed by atoms with Gasteiger partial charge in [-0.25, -0.2) is 0 Å². The number of amides is 1. The van der Waals surface area contributed by atoms with Crippen molar-refractivity contribution in [2.75, 3.05) is 34.5 Å². The van der Waals surface area contributed by atoms with E-state index in [-0.39, 0.29) is 34.2 Å². The number of methoxy groups -OCH3 is 3. The highest BCUT2D eigenvalue weighted by atomic mass is 35.5. The molecule has 2 heterocycles. The maximum absolute atomic E-state index is 13.0. The number of hydrogen-bond donors (Lipinski definition) is 1. The van der Waals surface area contributed by atoms with Gasteiger partial charge in [-0.05, 0) is 30.2 Å². The first-order valence-corrected chi connectivity index (χ1v) is 9.91. The Morgan fingerprint density at radius 1 is 1.13 bits per heavy atom. The van der Waals surface area contributed by atoms with Crippen molar-refractivity contribution in [3.8, 4) is 11.5 Å². The third-order valence-corrected chi connectivity index (χ3v) is 5.33. The van der Waals surface area contributed by atoms with E-state index in [1.807, 2.05) is 0 Å². The third-order valence-electron chi connectivity index (χ3n) is 5.04. The van der Waals surface area contributed by atoms with Gasteiger partial charge in [0.05, 0.1) is 36.4 Å². The van der Waals surface area contributed by atoms with Crippen LogP contribution in [0.25, 0.3) is 5.76 Å². The van der Waals surface area contributed by atoms with E-state index >= 15 is 0 Å². The van der Waals surface area contributed by atoms with Crippen molar-refractivity contribution >= 4 is 29.1 Å². The fourth-order valence-electron chi connectivity index (χ4n) is 3.57. The van der Waals surface area contributed by atoms with Crippen LogP contribution in [0.4, 0.5) is 0 Å². The first-order valence-electron chi connectivity index (χ1n) is 9.53. The number of likely N-dealkylation sites (tertiary alicyclic amines) is 1. The van der Waals surface area contributed by atoms with Crippen molar-refractivity contribution in [3.63, 3.8) is 0 Å². The number of rotatable bonds is 8. The van der Waals surface area contributed by atoms with Crippen molar-refractivity contribution in [1.29, 1.82) is 0 Å². The second-order valence-corrected chi connectivity index (χ2v) is 7.21. The van der Waals surface area contributed by atoms with Crippen molar-refractivity contribution in [2.45, 2.75) is 12.5 Å². The highest BCUT2D eigenvalue weighted by molar-refractivity contribution is 6.46. The minimum absolute atomic E-state index is 0.0451. The zero-order valence-corrected chi connectivity index (χ0v) is 18.2. The van der Waals surface area contributed by atoms with Crippen LogP contribution in [-0.4, -0.2) is 61.2 Å². The molecule has 1 fully saturated rings. The van der Waals surface area contributed by atoms with E-state index in [9.17, 15) is 14.7 Å². The number of nitrogens with zero attached hydrogens (tertiary/aromatic N) is 2. The van der Waals surface area contributed by atoms with Crippen molar-refractivity contribution < 1.29 is 28.9 Å². The minimum Gasteiger partial charge on any atom is -0.507 e. The lowest BCUT2D eigenvalue weighted by Gasteiger charge is -2.25. The van der Waals surface area contributed by atoms with Crippen molar-refractivity contribution in [2.24, 2.45) is 0 Å². The molecule has 0 aliphatic carbocycles. The van der Waals surface area contributed by atoms with Crippen LogP contribution in [0.5, 0.6) is 11.5 Å². The van der Waals surface area contributed by atoms with Crippen LogP contribution < -0.4 is 9.47 Å². The number of pyridine rings is 1. The van der Waals surface area contributed by atoms with Crippen LogP contribution in [-0.2, 0) is 14.3 Å². The SMILES string of the molecule is COCCCN1C(=O)C(=O)/C(=C(/O)c2cc(OC)c(Cl)cc2OC)C1c1ccncc1. The number of carbonyl (C=O) groups excluding carboxylic acids is 2. The monoisotopic (exact) mass is 446 g/mol. The number of ether oxygens (including phenoxy) is 3. The van der Waals surface area contributed by atoms with E-state index in [1.54, 1.807) is 31.6 Å². The molecule has 1 amide bonds. The van der Waals surface area contributed by atoms with Gasteiger partial charge in [0.2, 0.25) is 0 Å². The number of halogens is 1. The second kappa shape index (κ2) is 9.80. The van der Waals surface area contributed by atoms with E-state index < -0.39 is 17.7 Å². The maximum atomic E-state index is 13.0. The number of aliphatic hydroxyl groups excluding tert-OH is 1. The summed E-state index contributed by atoms with van der Waals surface area (Å²) in [7, 11) is 4.41. The molecule has 1 saturated heterocycles. The average molecular weight is 447 g/mol. The molecule has 0 spiro atoms. The Balaban J connectivity index is 2.20. The van der Waals surface area contributed by atoms with E-state index in [0.717, 1.165) is 0 Å². The number of carbonyl (C=O) groups is 2. The summed E-state index contributed by atoms with van der Waals surface area (Å²) in [6.45, 7) is 0.706. The van der Waals surface area contributed by atoms with Crippen LogP contribution in [0.1, 0.15) is 23.6 Å². The summed E-state index contributed by atoms with van der Waals surface area (Å²) in [5.41, 5.74) is 0.794. The molecule has 0 bridgehead atoms. The topological polar surface area (TPSA) is 98.2 Å². The standard InChI is InChI=1S/C22H23ClN2O6/c1-29-10-4-9-25-19(13-5-7-24-8-6-13)18(21(27)22(25)28)20(26)14-11-17(31-3)15(23)12-16(14)30-2/h5-8,11-12,19,26H,4,9-10H2,1-3H3/b20-18+. The van der Waals surface area contributed by atoms with Crippen LogP contribution in [0.2, 0.25) is 5.02 Å². The van der Waals surface area contributed by atoms with Crippen LogP contribution in [0, 0.1) is 0 Å². The number of aliphatic hydroxyl groups is 1. The summed E-state index contributed by atoms with van der Waals surface area (Å²) in [5, 5.41) is 11.5. The Morgan fingerprint density at radius 3 is 2.42 bits per heavy atom. The van der Waals surface area contributed by atoms with Gasteiger partial charge in [-0.1, -0.05) is 11.6 Å². The Bertz CT molecular complexity index is 1010. The smallest absolute Gasteiger partial charge is 0.295 e. The maximum Gasteiger partial charge on any atom is 0.295 e. The number of benzene rings is 1. The van der Waals surface area contributed by atoms with Crippen LogP contribution in [0.15, 0.2) is 42.2 Å². The lowest BCUT2D eigenvalue weighted by atomic mass is 9.95. The van der Waals surface area contributed by atoms with Gasteiger partial charge in [-0.15, -0.1) is 0 Å². The van der Waals surface area contributed by atoms with E-state index in [1.165, 1.54) is 31.3 Å². The predicted octanol–water partition coefficient (Wildman–Crippen LogP) is 3.21. The lowest BCUT2D eigenvalue weighted by molar-refractivity contribution is -0.140. The molecule has 8 nitrogen and oxygen atoms in total. The molecule has 1 aromatic carbocycles. The van der Waals surface area contributed by atoms with E-state index in [2.05, 4.69) is 4.98 Å². The molecule has 1 aromatic heterocycles. The fourth-order valence-corrected chi connectivity index (χ4v) is 3.80. The Labute approximate surface area is 185 Å². The molecule has 0 saturated carbocycles. The highest BCUT2D eigenvalue weighted by Crippen LogP contribution is 2.42. The molecule has 1 aliphatic heterocycles. The molecule has 1 atom stereocenters. The summed E-state index contributed by atoms with van der Waals surface area (Å²) in [6.07, 6.45) is 3.66. The van der Waals surface area contributed by atoms with Gasteiger partial charge in [0.25, 0.3) is 11.7 Å². The second-order valence-electron chi connectivity index (χ2n) is 6.81. The van der Waals surface area contributed by atoms with E-state index in [0.29, 0.717) is 24.3 Å². The number of aromatic nitrogens is 1. The molecular weight excluding hydrogens is 424 g/mol. The predicted molar refractivity (Wildman–Crippen MR) is 114 cm³/mol. The third kappa shape index (κ3) is 4.35. The fraction of sp³-hybridized carbons (Fsp3) is 0.318. The lowest BCUT2D eigenvalue weighted by Crippen LogP contribution is -2.31. The quantitative estimate of drug-likeness (QED) is 0.288. The van der Waals surface area contributed by atoms with Gasteiger partial charge in [-0.3, -0.25) is 14.6 Å². The minimum atomic E-state index is -0.786. The summed E-state index contributed by atoms with van der Waals surface area (Å²) < 4.78 is 15.7. The molecule has 164 valence electrons. The Morgan fingerprint density at radius 2 is 1.81 bits per heavy atom. The van der Waals surface area contributed by atoms with Gasteiger partial charge < -0.3 is 24.2 Å². The van der Waals surface area contributed by atoms with Gasteiger partial charge in [0.15, 0.2) is 0 Å². The van der Waals surface area contributed by atoms with Gasteiger partial charge in [-0.2, -0.15) is 0 Å². The number of hydrogen-bond acceptors (Lipinski definition) is 7. The number of Topliss-reactive ketones (excluding diaryl/α,β-unsaturated/α-hetero) is 1. The van der Waals surface area contributed by atoms with Crippen molar-refractivity contribution in [1.82, 2.24) is 9.88 Å². The zero-order valence-electron chi connectivity index (χ0n) is 17.4. The first-order chi connectivity index (χ1) is 14.9. The van der Waals surface area contributed by atoms with Crippen molar-refractivity contribution in [3.05, 3.63) is 58.4 Å². The molecule has 1 unspecified atom stereocenters. The summed E-state index contributed by atoms with van der Waals surface area (Å²) >= 11 is 6.16. The summed E-state index contributed by atoms with van der Waals surface area (Å²) in [4.78, 5) is 31.3. The molecule has 1 aliphatic rings. The first kappa shape index (κ1) is 22.6. The molecule has 2 aromatic rings. The highest BCUT2D eigenvalue weighted by Gasteiger charge is 2.46. The van der Waals surface area contributed by atoms with Crippen LogP contribution in [0.3, 0.4) is 0 Å². The molecule has 1 N–H and O–H groups in total. The molecule has 31 heavy (non-hydrogen) atoms. The zero-order chi connectivity index (χ0) is 22.5. The van der Waals surface area contributed by atoms with Gasteiger partial charge in [0.1, 0.15) is 17.3 Å². The average Bonchev–Trinajstić information content (AvgIpc) is 3.04. The summed E-state index contributed by atoms with van der Waals surface area (Å²) in [5.74, 6) is -1.32. The van der Waals surface area contributed by atoms with Gasteiger partial charge >= 0.3 is 0 Å². The molecule has 0 radical (unpaired) electrons. The van der Waals surface area contributed by atoms with Crippen LogP contribution >= 0.6 is 11.6 Å². The molecular formula is C22H23ClN2O6. The number of ketones is 1. The summed E-state index contributed by atoms with van der Waals surface area (Å²) in [6, 6.07) is 5.56. The molecule has 3 rings (SSSR count). The van der Waals surface area contributed by atoms with E-state index in [4.69, 9.17) is 25.8 Å².